The fraction of sp³-hybridized carbons (Fsp3) is 0.150. The van der Waals surface area contributed by atoms with Gasteiger partial charge in [0.15, 0.2) is 5.16 Å². The van der Waals surface area contributed by atoms with Gasteiger partial charge in [-0.05, 0) is 24.6 Å². The molecule has 6 heteroatoms. The second-order valence-corrected chi connectivity index (χ2v) is 7.07. The number of nitrogens with one attached hydrogen (secondary N) is 1. The van der Waals surface area contributed by atoms with Gasteiger partial charge in [0.2, 0.25) is 0 Å². The van der Waals surface area contributed by atoms with Crippen LogP contribution >= 0.6 is 11.8 Å². The van der Waals surface area contributed by atoms with Crippen LogP contribution in [0.25, 0.3) is 10.9 Å². The van der Waals surface area contributed by atoms with Gasteiger partial charge in [-0.25, -0.2) is 15.0 Å². The molecule has 4 aromatic rings. The average Bonchev–Trinajstić information content (AvgIpc) is 3.00. The molecule has 2 aromatic carbocycles. The van der Waals surface area contributed by atoms with Crippen molar-refractivity contribution in [2.45, 2.75) is 24.3 Å². The molecule has 2 aromatic heterocycles. The van der Waals surface area contributed by atoms with Crippen molar-refractivity contribution in [3.05, 3.63) is 77.4 Å². The number of nitrogens with zero attached hydrogens (tertiary/aromatic N) is 3. The molecule has 3 N–H and O–H groups in total. The van der Waals surface area contributed by atoms with Crippen LogP contribution in [-0.2, 0) is 12.2 Å². The number of aryl methyl sites for hydroxylation is 1. The first-order valence-electron chi connectivity index (χ1n) is 8.42. The van der Waals surface area contributed by atoms with Gasteiger partial charge in [-0.1, -0.05) is 54.2 Å². The highest BCUT2D eigenvalue weighted by atomic mass is 32.2. The van der Waals surface area contributed by atoms with E-state index in [9.17, 15) is 0 Å². The maximum Gasteiger partial charge on any atom is 0.166 e. The molecule has 26 heavy (non-hydrogen) atoms. The molecule has 2 heterocycles. The first kappa shape index (κ1) is 16.6. The van der Waals surface area contributed by atoms with E-state index in [4.69, 9.17) is 10.7 Å². The SMILES string of the molecule is Cc1[nH]c(SCc2nc(N)c3ccccc3n2)nc1Cc1ccccc1. The van der Waals surface area contributed by atoms with Gasteiger partial charge in [0.1, 0.15) is 11.6 Å². The highest BCUT2D eigenvalue weighted by molar-refractivity contribution is 7.98. The Morgan fingerprint density at radius 1 is 0.962 bits per heavy atom. The normalized spacial score (nSPS) is 11.1. The Balaban J connectivity index is 1.49. The molecule has 4 rings (SSSR count). The van der Waals surface area contributed by atoms with Crippen molar-refractivity contribution in [3.8, 4) is 0 Å². The summed E-state index contributed by atoms with van der Waals surface area (Å²) in [6, 6.07) is 18.2. The third kappa shape index (κ3) is 3.55. The molecule has 0 amide bonds. The van der Waals surface area contributed by atoms with E-state index < -0.39 is 0 Å². The zero-order valence-corrected chi connectivity index (χ0v) is 15.3. The van der Waals surface area contributed by atoms with Crippen LogP contribution in [-0.4, -0.2) is 19.9 Å². The molecule has 0 saturated heterocycles. The van der Waals surface area contributed by atoms with E-state index in [0.717, 1.165) is 33.9 Å². The number of aromatic nitrogens is 4. The molecule has 0 unspecified atom stereocenters. The molecule has 0 bridgehead atoms. The van der Waals surface area contributed by atoms with Gasteiger partial charge >= 0.3 is 0 Å². The molecule has 0 spiro atoms. The predicted molar refractivity (Wildman–Crippen MR) is 106 cm³/mol. The lowest BCUT2D eigenvalue weighted by atomic mass is 10.1. The largest absolute Gasteiger partial charge is 0.383 e. The molecule has 0 aliphatic carbocycles. The van der Waals surface area contributed by atoms with Crippen molar-refractivity contribution < 1.29 is 0 Å². The maximum atomic E-state index is 6.06. The molecule has 0 aliphatic heterocycles. The van der Waals surface area contributed by atoms with Crippen LogP contribution in [0, 0.1) is 6.92 Å². The molecular formula is C20H19N5S. The highest BCUT2D eigenvalue weighted by Crippen LogP contribution is 2.24. The minimum absolute atomic E-state index is 0.520. The Labute approximate surface area is 156 Å². The van der Waals surface area contributed by atoms with Gasteiger partial charge in [0.05, 0.1) is 17.0 Å². The van der Waals surface area contributed by atoms with E-state index in [2.05, 4.69) is 46.1 Å². The second-order valence-electron chi connectivity index (χ2n) is 6.11. The fourth-order valence-corrected chi connectivity index (χ4v) is 3.64. The summed E-state index contributed by atoms with van der Waals surface area (Å²) in [6.45, 7) is 2.06. The Kier molecular flexibility index (Phi) is 4.58. The second kappa shape index (κ2) is 7.17. The summed E-state index contributed by atoms with van der Waals surface area (Å²) in [4.78, 5) is 17.1. The van der Waals surface area contributed by atoms with Crippen molar-refractivity contribution in [3.63, 3.8) is 0 Å². The van der Waals surface area contributed by atoms with Gasteiger partial charge in [-0.2, -0.15) is 0 Å². The summed E-state index contributed by atoms with van der Waals surface area (Å²) in [7, 11) is 0. The Bertz CT molecular complexity index is 1040. The number of fused-ring (bicyclic) bond motifs is 1. The Morgan fingerprint density at radius 3 is 2.58 bits per heavy atom. The summed E-state index contributed by atoms with van der Waals surface area (Å²) in [5.41, 5.74) is 10.3. The van der Waals surface area contributed by atoms with Crippen LogP contribution in [0.5, 0.6) is 0 Å². The number of thioether (sulfide) groups is 1. The van der Waals surface area contributed by atoms with Gasteiger partial charge < -0.3 is 10.7 Å². The number of H-pyrrole nitrogens is 1. The molecule has 0 saturated carbocycles. The third-order valence-electron chi connectivity index (χ3n) is 4.20. The standard InChI is InChI=1S/C20H19N5S/c1-13-17(11-14-7-3-2-4-8-14)24-20(22-13)26-12-18-23-16-10-6-5-9-15(16)19(21)25-18/h2-10H,11-12H2,1H3,(H,22,24)(H2,21,23,25). The first-order valence-corrected chi connectivity index (χ1v) is 9.41. The molecule has 0 fully saturated rings. The number of aromatic amines is 1. The van der Waals surface area contributed by atoms with Gasteiger partial charge in [0, 0.05) is 17.5 Å². The highest BCUT2D eigenvalue weighted by Gasteiger charge is 2.10. The van der Waals surface area contributed by atoms with Crippen LogP contribution in [0.1, 0.15) is 22.8 Å². The number of benzene rings is 2. The van der Waals surface area contributed by atoms with E-state index in [-0.39, 0.29) is 0 Å². The number of hydrogen-bond donors (Lipinski definition) is 2. The van der Waals surface area contributed by atoms with Gasteiger partial charge in [-0.3, -0.25) is 0 Å². The zero-order chi connectivity index (χ0) is 17.9. The Morgan fingerprint density at radius 2 is 1.73 bits per heavy atom. The van der Waals surface area contributed by atoms with E-state index >= 15 is 0 Å². The van der Waals surface area contributed by atoms with Gasteiger partial charge in [-0.15, -0.1) is 0 Å². The summed E-state index contributed by atoms with van der Waals surface area (Å²) in [5, 5.41) is 1.77. The van der Waals surface area contributed by atoms with Crippen LogP contribution < -0.4 is 5.73 Å². The monoisotopic (exact) mass is 361 g/mol. The maximum absolute atomic E-state index is 6.06. The number of nitrogen functional groups attached to an aromatic ring is 1. The lowest BCUT2D eigenvalue weighted by molar-refractivity contribution is 1.00. The van der Waals surface area contributed by atoms with E-state index in [1.54, 1.807) is 11.8 Å². The van der Waals surface area contributed by atoms with E-state index in [0.29, 0.717) is 17.4 Å². The minimum atomic E-state index is 0.520. The van der Waals surface area contributed by atoms with E-state index in [1.165, 1.54) is 5.56 Å². The topological polar surface area (TPSA) is 80.5 Å². The average molecular weight is 361 g/mol. The summed E-state index contributed by atoms with van der Waals surface area (Å²) >= 11 is 1.59. The van der Waals surface area contributed by atoms with E-state index in [1.807, 2.05) is 30.3 Å². The number of anilines is 1. The van der Waals surface area contributed by atoms with Crippen molar-refractivity contribution in [1.82, 2.24) is 19.9 Å². The quantitative estimate of drug-likeness (QED) is 0.523. The molecule has 5 nitrogen and oxygen atoms in total. The number of rotatable bonds is 5. The number of imidazole rings is 1. The van der Waals surface area contributed by atoms with Crippen LogP contribution in [0.3, 0.4) is 0 Å². The number of hydrogen-bond acceptors (Lipinski definition) is 5. The minimum Gasteiger partial charge on any atom is -0.383 e. The smallest absolute Gasteiger partial charge is 0.166 e. The van der Waals surface area contributed by atoms with Crippen LogP contribution in [0.4, 0.5) is 5.82 Å². The molecular weight excluding hydrogens is 342 g/mol. The predicted octanol–water partition coefficient (Wildman–Crippen LogP) is 4.13. The van der Waals surface area contributed by atoms with Crippen molar-refractivity contribution in [1.29, 1.82) is 0 Å². The lowest BCUT2D eigenvalue weighted by Crippen LogP contribution is -2.00. The van der Waals surface area contributed by atoms with Gasteiger partial charge in [0.25, 0.3) is 0 Å². The van der Waals surface area contributed by atoms with Crippen molar-refractivity contribution >= 4 is 28.5 Å². The van der Waals surface area contributed by atoms with Crippen molar-refractivity contribution in [2.75, 3.05) is 5.73 Å². The van der Waals surface area contributed by atoms with Crippen molar-refractivity contribution in [2.24, 2.45) is 0 Å². The van der Waals surface area contributed by atoms with Crippen LogP contribution in [0.15, 0.2) is 59.8 Å². The third-order valence-corrected chi connectivity index (χ3v) is 5.06. The summed E-state index contributed by atoms with van der Waals surface area (Å²) < 4.78 is 0. The molecule has 0 radical (unpaired) electrons. The molecule has 0 aliphatic rings. The zero-order valence-electron chi connectivity index (χ0n) is 14.4. The summed E-state index contributed by atoms with van der Waals surface area (Å²) in [5.74, 6) is 1.85. The number of para-hydroxylation sites is 1. The molecule has 130 valence electrons. The first-order chi connectivity index (χ1) is 12.7. The fourth-order valence-electron chi connectivity index (χ4n) is 2.85. The molecule has 0 atom stereocenters. The number of nitrogens with two attached hydrogens (primary N) is 1. The Hall–Kier alpha value is -2.86. The summed E-state index contributed by atoms with van der Waals surface area (Å²) in [6.07, 6.45) is 0.823. The van der Waals surface area contributed by atoms with Crippen LogP contribution in [0.2, 0.25) is 0 Å². The lowest BCUT2D eigenvalue weighted by Gasteiger charge is -2.04.